The molecule has 2 amide bonds. The fourth-order valence-electron chi connectivity index (χ4n) is 3.62. The molecule has 0 aliphatic carbocycles. The normalized spacial score (nSPS) is 21.3. The van der Waals surface area contributed by atoms with E-state index in [4.69, 9.17) is 0 Å². The van der Waals surface area contributed by atoms with Gasteiger partial charge >= 0.3 is 0 Å². The molecule has 1 atom stereocenters. The number of benzene rings is 1. The molecule has 154 valence electrons. The summed E-state index contributed by atoms with van der Waals surface area (Å²) < 4.78 is 23.5. The first-order valence-corrected chi connectivity index (χ1v) is 13.1. The second kappa shape index (κ2) is 8.49. The average molecular weight is 451 g/mol. The second-order valence-corrected chi connectivity index (χ2v) is 11.7. The molecular weight excluding hydrogens is 428 g/mol. The van der Waals surface area contributed by atoms with Crippen molar-refractivity contribution in [2.75, 3.05) is 37.7 Å². The van der Waals surface area contributed by atoms with Crippen molar-refractivity contribution in [1.29, 1.82) is 0 Å². The van der Waals surface area contributed by atoms with Crippen LogP contribution in [0.25, 0.3) is 0 Å². The van der Waals surface area contributed by atoms with Crippen LogP contribution in [0.2, 0.25) is 0 Å². The third-order valence-corrected chi connectivity index (χ3v) is 9.37. The Bertz CT molecular complexity index is 996. The van der Waals surface area contributed by atoms with Gasteiger partial charge in [-0.25, -0.2) is 8.42 Å². The number of rotatable bonds is 4. The van der Waals surface area contributed by atoms with Crippen molar-refractivity contribution in [3.8, 4) is 0 Å². The smallest absolute Gasteiger partial charge is 0.264 e. The Morgan fingerprint density at radius 3 is 2.28 bits per heavy atom. The summed E-state index contributed by atoms with van der Waals surface area (Å²) >= 11 is 2.91. The second-order valence-electron chi connectivity index (χ2n) is 7.20. The Morgan fingerprint density at radius 2 is 1.66 bits per heavy atom. The van der Waals surface area contributed by atoms with E-state index in [0.717, 1.165) is 9.77 Å². The van der Waals surface area contributed by atoms with Crippen molar-refractivity contribution in [1.82, 2.24) is 9.80 Å². The van der Waals surface area contributed by atoms with Crippen molar-refractivity contribution < 1.29 is 18.0 Å². The van der Waals surface area contributed by atoms with Gasteiger partial charge in [-0.2, -0.15) is 0 Å². The van der Waals surface area contributed by atoms with Gasteiger partial charge in [-0.3, -0.25) is 9.59 Å². The molecule has 0 unspecified atom stereocenters. The van der Waals surface area contributed by atoms with Crippen molar-refractivity contribution in [2.24, 2.45) is 0 Å². The molecule has 6 nitrogen and oxygen atoms in total. The topological polar surface area (TPSA) is 74.8 Å². The van der Waals surface area contributed by atoms with Crippen LogP contribution in [0.4, 0.5) is 0 Å². The zero-order valence-corrected chi connectivity index (χ0v) is 18.3. The maximum absolute atomic E-state index is 13.1. The summed E-state index contributed by atoms with van der Waals surface area (Å²) in [6.45, 7) is 2.01. The van der Waals surface area contributed by atoms with Gasteiger partial charge in [0, 0.05) is 36.3 Å². The number of carbonyl (C=O) groups excluding carboxylic acids is 2. The number of nitrogens with zero attached hydrogens (tertiary/aromatic N) is 2. The standard InChI is InChI=1S/C20H22N2O4S3/c23-19(21-8-10-22(11-9-21)20(24)18-6-3-12-27-18)16-4-1-2-5-17(16)28-15-7-13-29(25,26)14-15/h1-6,12,15H,7-11,13-14H2/t15-/m1/s1. The third kappa shape index (κ3) is 4.67. The number of hydrogen-bond acceptors (Lipinski definition) is 6. The lowest BCUT2D eigenvalue weighted by Crippen LogP contribution is -2.50. The summed E-state index contributed by atoms with van der Waals surface area (Å²) in [4.78, 5) is 30.7. The Kier molecular flexibility index (Phi) is 5.98. The predicted octanol–water partition coefficient (Wildman–Crippen LogP) is 2.63. The van der Waals surface area contributed by atoms with Crippen molar-refractivity contribution >= 4 is 44.8 Å². The molecule has 0 radical (unpaired) electrons. The third-order valence-electron chi connectivity index (χ3n) is 5.19. The minimum absolute atomic E-state index is 0.00536. The number of thiophene rings is 1. The lowest BCUT2D eigenvalue weighted by Gasteiger charge is -2.35. The van der Waals surface area contributed by atoms with Gasteiger partial charge in [0.2, 0.25) is 0 Å². The molecule has 2 fully saturated rings. The Balaban J connectivity index is 1.41. The maximum Gasteiger partial charge on any atom is 0.264 e. The molecule has 1 aromatic carbocycles. The highest BCUT2D eigenvalue weighted by Gasteiger charge is 2.31. The van der Waals surface area contributed by atoms with E-state index in [1.807, 2.05) is 35.7 Å². The summed E-state index contributed by atoms with van der Waals surface area (Å²) in [5.74, 6) is 0.354. The van der Waals surface area contributed by atoms with Crippen LogP contribution in [0.15, 0.2) is 46.7 Å². The van der Waals surface area contributed by atoms with Crippen LogP contribution in [0.1, 0.15) is 26.5 Å². The Labute approximate surface area is 178 Å². The van der Waals surface area contributed by atoms with E-state index in [-0.39, 0.29) is 28.6 Å². The van der Waals surface area contributed by atoms with Crippen LogP contribution in [-0.2, 0) is 9.84 Å². The minimum Gasteiger partial charge on any atom is -0.335 e. The highest BCUT2D eigenvalue weighted by molar-refractivity contribution is 8.02. The monoisotopic (exact) mass is 450 g/mol. The van der Waals surface area contributed by atoms with Crippen molar-refractivity contribution in [2.45, 2.75) is 16.6 Å². The fraction of sp³-hybridized carbons (Fsp3) is 0.400. The first kappa shape index (κ1) is 20.4. The first-order valence-electron chi connectivity index (χ1n) is 9.51. The van der Waals surface area contributed by atoms with Crippen LogP contribution in [-0.4, -0.2) is 73.0 Å². The summed E-state index contributed by atoms with van der Waals surface area (Å²) in [5.41, 5.74) is 0.611. The van der Waals surface area contributed by atoms with E-state index in [9.17, 15) is 18.0 Å². The Hall–Kier alpha value is -1.84. The van der Waals surface area contributed by atoms with E-state index in [0.29, 0.717) is 38.2 Å². The molecule has 2 aliphatic heterocycles. The van der Waals surface area contributed by atoms with Gasteiger partial charge in [0.05, 0.1) is 21.9 Å². The van der Waals surface area contributed by atoms with Gasteiger partial charge < -0.3 is 9.80 Å². The number of carbonyl (C=O) groups is 2. The molecule has 4 rings (SSSR count). The van der Waals surface area contributed by atoms with Gasteiger partial charge in [0.1, 0.15) is 0 Å². The van der Waals surface area contributed by atoms with Crippen molar-refractivity contribution in [3.05, 3.63) is 52.2 Å². The number of hydrogen-bond donors (Lipinski definition) is 0. The van der Waals surface area contributed by atoms with Crippen LogP contribution in [0, 0.1) is 0 Å². The number of piperazine rings is 1. The van der Waals surface area contributed by atoms with Crippen LogP contribution in [0.3, 0.4) is 0 Å². The maximum atomic E-state index is 13.1. The summed E-state index contributed by atoms with van der Waals surface area (Å²) in [7, 11) is -2.95. The van der Waals surface area contributed by atoms with Gasteiger partial charge in [-0.05, 0) is 30.0 Å². The summed E-state index contributed by atoms with van der Waals surface area (Å²) in [5, 5.41) is 1.88. The number of amides is 2. The molecule has 0 N–H and O–H groups in total. The molecule has 29 heavy (non-hydrogen) atoms. The molecule has 2 aromatic rings. The molecule has 0 saturated carbocycles. The SMILES string of the molecule is O=C(c1cccs1)N1CCN(C(=O)c2ccccc2S[C@@H]2CCS(=O)(=O)C2)CC1. The number of thioether (sulfide) groups is 1. The first-order chi connectivity index (χ1) is 13.9. The zero-order valence-electron chi connectivity index (χ0n) is 15.8. The average Bonchev–Trinajstić information content (AvgIpc) is 3.37. The molecule has 0 bridgehead atoms. The largest absolute Gasteiger partial charge is 0.335 e. The van der Waals surface area contributed by atoms with E-state index in [2.05, 4.69) is 0 Å². The van der Waals surface area contributed by atoms with E-state index < -0.39 is 9.84 Å². The van der Waals surface area contributed by atoms with Crippen LogP contribution in [0.5, 0.6) is 0 Å². The van der Waals surface area contributed by atoms with Gasteiger partial charge in [0.25, 0.3) is 11.8 Å². The lowest BCUT2D eigenvalue weighted by atomic mass is 10.1. The molecule has 1 aromatic heterocycles. The summed E-state index contributed by atoms with van der Waals surface area (Å²) in [6, 6.07) is 11.1. The van der Waals surface area contributed by atoms with Crippen molar-refractivity contribution in [3.63, 3.8) is 0 Å². The van der Waals surface area contributed by atoms with Crippen LogP contribution >= 0.6 is 23.1 Å². The van der Waals surface area contributed by atoms with Gasteiger partial charge in [-0.1, -0.05) is 18.2 Å². The number of sulfone groups is 1. The molecule has 9 heteroatoms. The molecule has 2 aliphatic rings. The van der Waals surface area contributed by atoms with Gasteiger partial charge in [-0.15, -0.1) is 23.1 Å². The van der Waals surface area contributed by atoms with E-state index in [1.165, 1.54) is 23.1 Å². The molecule has 0 spiro atoms. The quantitative estimate of drug-likeness (QED) is 0.716. The molecular formula is C20H22N2O4S3. The fourth-order valence-corrected chi connectivity index (χ4v) is 7.93. The van der Waals surface area contributed by atoms with Crippen LogP contribution < -0.4 is 0 Å². The highest BCUT2D eigenvalue weighted by Crippen LogP contribution is 2.33. The Morgan fingerprint density at radius 1 is 0.966 bits per heavy atom. The molecule has 2 saturated heterocycles. The van der Waals surface area contributed by atoms with E-state index >= 15 is 0 Å². The predicted molar refractivity (Wildman–Crippen MR) is 115 cm³/mol. The van der Waals surface area contributed by atoms with Gasteiger partial charge in [0.15, 0.2) is 9.84 Å². The highest BCUT2D eigenvalue weighted by atomic mass is 32.2. The minimum atomic E-state index is -2.95. The lowest BCUT2D eigenvalue weighted by molar-refractivity contribution is 0.0536. The zero-order chi connectivity index (χ0) is 20.4. The molecule has 3 heterocycles. The summed E-state index contributed by atoms with van der Waals surface area (Å²) in [6.07, 6.45) is 0.624. The van der Waals surface area contributed by atoms with E-state index in [1.54, 1.807) is 15.9 Å².